The van der Waals surface area contributed by atoms with Gasteiger partial charge in [-0.1, -0.05) is 70.2 Å². The minimum Gasteiger partial charge on any atom is -0.872 e. The number of carbonyl (C=O) groups excluding carboxylic acids is 2. The molecule has 0 saturated carbocycles. The van der Waals surface area contributed by atoms with Crippen LogP contribution in [-0.4, -0.2) is 56.0 Å². The molecule has 2 fully saturated rings. The van der Waals surface area contributed by atoms with Crippen LogP contribution in [0.1, 0.15) is 34.7 Å². The number of Topliss-reactive ketones (excluding diaryl/α,β-unsaturated/α-hetero) is 1. The number of carbonyl (C=O) groups is 2. The predicted molar refractivity (Wildman–Crippen MR) is 153 cm³/mol. The zero-order valence-corrected chi connectivity index (χ0v) is 24.1. The lowest BCUT2D eigenvalue weighted by atomic mass is 9.94. The number of amides is 1. The van der Waals surface area contributed by atoms with Crippen LogP contribution in [0.25, 0.3) is 5.76 Å². The predicted octanol–water partition coefficient (Wildman–Crippen LogP) is 2.87. The molecule has 2 aliphatic rings. The molecule has 208 valence electrons. The van der Waals surface area contributed by atoms with Crippen LogP contribution in [0.5, 0.6) is 5.75 Å². The number of ketones is 1. The molecule has 1 atom stereocenters. The van der Waals surface area contributed by atoms with Gasteiger partial charge in [0.05, 0.1) is 25.8 Å². The van der Waals surface area contributed by atoms with Crippen molar-refractivity contribution in [2.75, 3.05) is 39.4 Å². The van der Waals surface area contributed by atoms with E-state index in [1.165, 1.54) is 4.90 Å². The van der Waals surface area contributed by atoms with Gasteiger partial charge in [0.1, 0.15) is 25.4 Å². The molecule has 3 aromatic rings. The van der Waals surface area contributed by atoms with E-state index in [0.29, 0.717) is 24.5 Å². The maximum absolute atomic E-state index is 13.9. The summed E-state index contributed by atoms with van der Waals surface area (Å²) in [6, 6.07) is 21.7. The smallest absolute Gasteiger partial charge is 0.295 e. The van der Waals surface area contributed by atoms with Crippen LogP contribution in [0.15, 0.2) is 82.8 Å². The van der Waals surface area contributed by atoms with Gasteiger partial charge in [0, 0.05) is 23.0 Å². The second kappa shape index (κ2) is 12.8. The van der Waals surface area contributed by atoms with Crippen molar-refractivity contribution in [3.8, 4) is 5.75 Å². The van der Waals surface area contributed by atoms with E-state index in [9.17, 15) is 14.7 Å². The average Bonchev–Trinajstić information content (AvgIpc) is 3.22. The van der Waals surface area contributed by atoms with Gasteiger partial charge in [0.2, 0.25) is 5.78 Å². The topological polar surface area (TPSA) is 83.3 Å². The molecule has 0 aliphatic carbocycles. The molecule has 7 nitrogen and oxygen atoms in total. The minimum absolute atomic E-state index is 0.000765. The summed E-state index contributed by atoms with van der Waals surface area (Å²) in [6.45, 7) is 6.89. The van der Waals surface area contributed by atoms with Gasteiger partial charge >= 0.3 is 0 Å². The number of benzene rings is 3. The molecule has 1 unspecified atom stereocenters. The first kappa shape index (κ1) is 28.1. The fraction of sp³-hybridized carbons (Fsp3) is 0.312. The summed E-state index contributed by atoms with van der Waals surface area (Å²) in [5.41, 5.74) is 2.91. The first-order chi connectivity index (χ1) is 19.4. The Morgan fingerprint density at radius 3 is 2.55 bits per heavy atom. The number of aryl methyl sites for hydroxylation is 1. The molecule has 0 aromatic heterocycles. The summed E-state index contributed by atoms with van der Waals surface area (Å²) in [7, 11) is 0. The number of quaternary nitrogens is 1. The lowest BCUT2D eigenvalue weighted by molar-refractivity contribution is -0.908. The van der Waals surface area contributed by atoms with Crippen molar-refractivity contribution in [1.29, 1.82) is 0 Å². The fourth-order valence-corrected chi connectivity index (χ4v) is 5.79. The zero-order chi connectivity index (χ0) is 28.1. The average molecular weight is 606 g/mol. The van der Waals surface area contributed by atoms with Crippen molar-refractivity contribution in [1.82, 2.24) is 4.90 Å². The largest absolute Gasteiger partial charge is 0.872 e. The highest BCUT2D eigenvalue weighted by Crippen LogP contribution is 2.39. The van der Waals surface area contributed by atoms with E-state index in [2.05, 4.69) is 15.9 Å². The van der Waals surface area contributed by atoms with Gasteiger partial charge in [-0.25, -0.2) is 0 Å². The second-order valence-electron chi connectivity index (χ2n) is 10.2. The Kier molecular flexibility index (Phi) is 8.99. The first-order valence-corrected chi connectivity index (χ1v) is 14.4. The Hall–Kier alpha value is -3.46. The quantitative estimate of drug-likeness (QED) is 0.231. The summed E-state index contributed by atoms with van der Waals surface area (Å²) in [5, 5.41) is 13.9. The van der Waals surface area contributed by atoms with E-state index in [1.54, 1.807) is 23.1 Å². The summed E-state index contributed by atoms with van der Waals surface area (Å²) < 4.78 is 12.2. The van der Waals surface area contributed by atoms with Crippen molar-refractivity contribution < 1.29 is 29.1 Å². The van der Waals surface area contributed by atoms with E-state index < -0.39 is 23.5 Å². The van der Waals surface area contributed by atoms with E-state index in [1.807, 2.05) is 61.5 Å². The first-order valence-electron chi connectivity index (χ1n) is 13.6. The molecule has 40 heavy (non-hydrogen) atoms. The van der Waals surface area contributed by atoms with E-state index in [4.69, 9.17) is 9.47 Å². The SMILES string of the molecule is Cc1cc(C([O-])=C2C(=O)C(=O)N(CCC[NH+]3CCOCC3)C2c2cccc(Br)c2)ccc1OCc1ccccc1. The molecule has 1 amide bonds. The normalized spacial score (nSPS) is 19.2. The summed E-state index contributed by atoms with van der Waals surface area (Å²) in [4.78, 5) is 29.7. The number of morpholine rings is 1. The molecule has 0 bridgehead atoms. The number of hydrogen-bond acceptors (Lipinski definition) is 5. The van der Waals surface area contributed by atoms with Gasteiger partial charge in [-0.15, -0.1) is 0 Å². The molecule has 2 aliphatic heterocycles. The maximum atomic E-state index is 13.9. The molecule has 3 aromatic carbocycles. The molecule has 0 spiro atoms. The third-order valence-corrected chi connectivity index (χ3v) is 7.99. The monoisotopic (exact) mass is 604 g/mol. The highest BCUT2D eigenvalue weighted by molar-refractivity contribution is 9.10. The Labute approximate surface area is 243 Å². The molecule has 1 N–H and O–H groups in total. The molecule has 5 rings (SSSR count). The van der Waals surface area contributed by atoms with Crippen LogP contribution >= 0.6 is 15.9 Å². The third-order valence-electron chi connectivity index (χ3n) is 7.50. The number of nitrogens with zero attached hydrogens (tertiary/aromatic N) is 1. The van der Waals surface area contributed by atoms with Crippen LogP contribution in [-0.2, 0) is 20.9 Å². The van der Waals surface area contributed by atoms with Crippen molar-refractivity contribution in [3.05, 3.63) is 105 Å². The van der Waals surface area contributed by atoms with Gasteiger partial charge in [-0.05, 0) is 53.4 Å². The van der Waals surface area contributed by atoms with Gasteiger partial charge in [-0.3, -0.25) is 9.59 Å². The fourth-order valence-electron chi connectivity index (χ4n) is 5.38. The standard InChI is InChI=1S/C32H33BrN2O5/c1-22-19-25(11-12-27(22)40-21-23-7-3-2-4-8-23)30(36)28-29(24-9-5-10-26(33)20-24)35(32(38)31(28)37)14-6-13-34-15-17-39-18-16-34/h2-5,7-12,19-20,29,36H,6,13-18,21H2,1H3. The number of ether oxygens (including phenoxy) is 2. The number of rotatable bonds is 9. The molecular formula is C32H33BrN2O5. The van der Waals surface area contributed by atoms with Crippen molar-refractivity contribution in [2.24, 2.45) is 0 Å². The lowest BCUT2D eigenvalue weighted by Gasteiger charge is -2.29. The highest BCUT2D eigenvalue weighted by Gasteiger charge is 2.44. The van der Waals surface area contributed by atoms with Crippen LogP contribution in [0.2, 0.25) is 0 Å². The number of nitrogens with one attached hydrogen (secondary N) is 1. The van der Waals surface area contributed by atoms with Crippen LogP contribution in [0.3, 0.4) is 0 Å². The third kappa shape index (κ3) is 6.30. The van der Waals surface area contributed by atoms with Crippen LogP contribution in [0.4, 0.5) is 0 Å². The van der Waals surface area contributed by atoms with E-state index in [0.717, 1.165) is 60.4 Å². The van der Waals surface area contributed by atoms with Crippen LogP contribution in [0, 0.1) is 6.92 Å². The van der Waals surface area contributed by atoms with Gasteiger partial charge < -0.3 is 24.4 Å². The van der Waals surface area contributed by atoms with E-state index >= 15 is 0 Å². The second-order valence-corrected chi connectivity index (χ2v) is 11.2. The molecule has 0 radical (unpaired) electrons. The maximum Gasteiger partial charge on any atom is 0.295 e. The van der Waals surface area contributed by atoms with Crippen molar-refractivity contribution >= 4 is 33.4 Å². The number of likely N-dealkylation sites (tertiary alicyclic amines) is 1. The zero-order valence-electron chi connectivity index (χ0n) is 22.5. The minimum atomic E-state index is -0.737. The summed E-state index contributed by atoms with van der Waals surface area (Å²) >= 11 is 3.50. The van der Waals surface area contributed by atoms with E-state index in [-0.39, 0.29) is 5.57 Å². The highest BCUT2D eigenvalue weighted by atomic mass is 79.9. The number of halogens is 1. The van der Waals surface area contributed by atoms with Crippen molar-refractivity contribution in [3.63, 3.8) is 0 Å². The van der Waals surface area contributed by atoms with Gasteiger partial charge in [-0.2, -0.15) is 0 Å². The summed E-state index contributed by atoms with van der Waals surface area (Å²) in [5.74, 6) is -1.11. The summed E-state index contributed by atoms with van der Waals surface area (Å²) in [6.07, 6.45) is 0.729. The van der Waals surface area contributed by atoms with Crippen molar-refractivity contribution in [2.45, 2.75) is 26.0 Å². The number of hydrogen-bond donors (Lipinski definition) is 1. The Balaban J connectivity index is 1.42. The molecule has 2 heterocycles. The Morgan fingerprint density at radius 2 is 1.82 bits per heavy atom. The molecule has 2 saturated heterocycles. The van der Waals surface area contributed by atoms with Crippen LogP contribution < -0.4 is 14.7 Å². The van der Waals surface area contributed by atoms with Gasteiger partial charge in [0.15, 0.2) is 0 Å². The Morgan fingerprint density at radius 1 is 1.05 bits per heavy atom. The van der Waals surface area contributed by atoms with Gasteiger partial charge in [0.25, 0.3) is 5.91 Å². The molecule has 8 heteroatoms. The lowest BCUT2D eigenvalue weighted by Crippen LogP contribution is -3.14. The Bertz CT molecular complexity index is 1400. The molecular weight excluding hydrogens is 572 g/mol.